The minimum Gasteiger partial charge on any atom is -0.759 e. The number of hydrogen-bond acceptors (Lipinski definition) is 6. The summed E-state index contributed by atoms with van der Waals surface area (Å²) in [6.07, 6.45) is 13.0. The number of carbonyl (C=O) groups excluding carboxylic acids is 1. The quantitative estimate of drug-likeness (QED) is 0.143. The largest absolute Gasteiger partial charge is 1.00 e. The van der Waals surface area contributed by atoms with Gasteiger partial charge in [0.1, 0.15) is 6.61 Å². The first-order chi connectivity index (χ1) is 10.3. The van der Waals surface area contributed by atoms with Crippen LogP contribution < -0.4 is 108 Å². The Kier molecular flexibility index (Phi) is 36.3. The molecule has 0 atom stereocenters. The van der Waals surface area contributed by atoms with E-state index in [1.807, 2.05) is 0 Å². The van der Waals surface area contributed by atoms with Crippen molar-refractivity contribution in [3.63, 3.8) is 0 Å². The Morgan fingerprint density at radius 1 is 0.875 bits per heavy atom. The van der Waals surface area contributed by atoms with Gasteiger partial charge >= 0.3 is 103 Å². The Morgan fingerprint density at radius 2 is 1.21 bits per heavy atom. The molecule has 24 heavy (non-hydrogen) atoms. The third-order valence-corrected chi connectivity index (χ3v) is 3.00. The second kappa shape index (κ2) is 25.6. The third-order valence-electron chi connectivity index (χ3n) is 3.00. The fourth-order valence-electron chi connectivity index (χ4n) is 1.90. The van der Waals surface area contributed by atoms with Gasteiger partial charge in [-0.1, -0.05) is 64.7 Å². The molecule has 0 aromatic carbocycles. The van der Waals surface area contributed by atoms with Crippen molar-refractivity contribution < 1.29 is 130 Å². The van der Waals surface area contributed by atoms with Crippen LogP contribution in [0.5, 0.6) is 0 Å². The van der Waals surface area contributed by atoms with Crippen LogP contribution in [0.3, 0.4) is 0 Å². The van der Waals surface area contributed by atoms with Gasteiger partial charge in [0.15, 0.2) is 0 Å². The topological polar surface area (TPSA) is 130 Å². The standard InChI is InChI=1S/C14H29NO2.2K.H2O4S/c1-2-3-4-5-6-7-8-9-10-11-12-15-14(17)13-16;;;1-5(2,3)4/h16H,2-13H2,1H3,(H,15,17);;;(H2,1,2,3,4)/q;2*+1;/p-2. The van der Waals surface area contributed by atoms with Gasteiger partial charge in [0.05, 0.1) is 0 Å². The summed E-state index contributed by atoms with van der Waals surface area (Å²) < 4.78 is 34.1. The summed E-state index contributed by atoms with van der Waals surface area (Å²) in [7, 11) is -5.17. The molecule has 0 radical (unpaired) electrons. The van der Waals surface area contributed by atoms with Crippen molar-refractivity contribution in [1.82, 2.24) is 5.32 Å². The first kappa shape index (κ1) is 34.1. The average Bonchev–Trinajstić information content (AvgIpc) is 2.42. The molecule has 0 aromatic rings. The molecule has 0 rings (SSSR count). The van der Waals surface area contributed by atoms with Gasteiger partial charge in [0.2, 0.25) is 5.91 Å². The first-order valence-corrected chi connectivity index (χ1v) is 9.18. The molecular weight excluding hydrogens is 388 g/mol. The number of carbonyl (C=O) groups is 1. The first-order valence-electron chi connectivity index (χ1n) is 7.85. The van der Waals surface area contributed by atoms with Gasteiger partial charge in [0, 0.05) is 16.9 Å². The molecule has 134 valence electrons. The van der Waals surface area contributed by atoms with Gasteiger partial charge in [-0.3, -0.25) is 13.2 Å². The van der Waals surface area contributed by atoms with E-state index in [2.05, 4.69) is 12.2 Å². The van der Waals surface area contributed by atoms with E-state index in [0.29, 0.717) is 6.54 Å². The molecule has 2 N–H and O–H groups in total. The van der Waals surface area contributed by atoms with E-state index in [1.165, 1.54) is 57.8 Å². The average molecular weight is 418 g/mol. The van der Waals surface area contributed by atoms with E-state index in [-0.39, 0.29) is 109 Å². The van der Waals surface area contributed by atoms with Crippen LogP contribution in [0, 0.1) is 0 Å². The Labute approximate surface area is 231 Å². The van der Waals surface area contributed by atoms with E-state index in [4.69, 9.17) is 22.6 Å². The van der Waals surface area contributed by atoms with Gasteiger partial charge in [-0.25, -0.2) is 0 Å². The zero-order valence-corrected chi connectivity index (χ0v) is 22.4. The Balaban J connectivity index is -0.000000250. The Bertz CT molecular complexity index is 347. The zero-order chi connectivity index (χ0) is 17.3. The SMILES string of the molecule is CCCCCCCCCCCCNC(=O)CO.O=S(=O)([O-])[O-].[K+].[K+]. The van der Waals surface area contributed by atoms with E-state index in [9.17, 15) is 4.79 Å². The maximum absolute atomic E-state index is 10.7. The van der Waals surface area contributed by atoms with Crippen molar-refractivity contribution in [2.24, 2.45) is 0 Å². The van der Waals surface area contributed by atoms with Crippen molar-refractivity contribution >= 4 is 16.3 Å². The molecular formula is C14H29K2NO6S. The summed E-state index contributed by atoms with van der Waals surface area (Å²) in [6, 6.07) is 0. The van der Waals surface area contributed by atoms with Gasteiger partial charge < -0.3 is 19.5 Å². The maximum Gasteiger partial charge on any atom is 1.00 e. The second-order valence-electron chi connectivity index (χ2n) is 5.10. The number of nitrogens with one attached hydrogen (secondary N) is 1. The summed E-state index contributed by atoms with van der Waals surface area (Å²) in [5.74, 6) is -0.263. The summed E-state index contributed by atoms with van der Waals surface area (Å²) >= 11 is 0. The fourth-order valence-corrected chi connectivity index (χ4v) is 1.90. The molecule has 10 heteroatoms. The Hall–Kier alpha value is 2.57. The zero-order valence-electron chi connectivity index (χ0n) is 15.4. The molecule has 0 aliphatic carbocycles. The molecule has 0 aliphatic rings. The number of aliphatic hydroxyl groups is 1. The smallest absolute Gasteiger partial charge is 0.759 e. The van der Waals surface area contributed by atoms with Crippen LogP contribution in [0.4, 0.5) is 0 Å². The van der Waals surface area contributed by atoms with E-state index in [1.54, 1.807) is 0 Å². The molecule has 0 aliphatic heterocycles. The van der Waals surface area contributed by atoms with E-state index < -0.39 is 17.0 Å². The molecule has 0 saturated carbocycles. The van der Waals surface area contributed by atoms with Gasteiger partial charge in [-0.15, -0.1) is 0 Å². The van der Waals surface area contributed by atoms with Gasteiger partial charge in [-0.2, -0.15) is 0 Å². The van der Waals surface area contributed by atoms with Crippen molar-refractivity contribution in [2.75, 3.05) is 13.2 Å². The number of aliphatic hydroxyl groups excluding tert-OH is 1. The Morgan fingerprint density at radius 3 is 1.54 bits per heavy atom. The minimum absolute atomic E-state index is 0. The predicted octanol–water partition coefficient (Wildman–Crippen LogP) is -4.31. The minimum atomic E-state index is -5.17. The summed E-state index contributed by atoms with van der Waals surface area (Å²) in [6.45, 7) is 2.56. The second-order valence-corrected chi connectivity index (χ2v) is 5.91. The number of amides is 1. The normalized spacial score (nSPS) is 9.83. The molecule has 0 aromatic heterocycles. The predicted molar refractivity (Wildman–Crippen MR) is 82.4 cm³/mol. The fraction of sp³-hybridized carbons (Fsp3) is 0.929. The van der Waals surface area contributed by atoms with Crippen LogP contribution in [-0.2, 0) is 15.2 Å². The van der Waals surface area contributed by atoms with Gasteiger partial charge in [0.25, 0.3) is 0 Å². The maximum atomic E-state index is 10.7. The molecule has 7 nitrogen and oxygen atoms in total. The molecule has 1 amide bonds. The van der Waals surface area contributed by atoms with Crippen LogP contribution in [0.1, 0.15) is 71.1 Å². The monoisotopic (exact) mass is 417 g/mol. The van der Waals surface area contributed by atoms with Crippen LogP contribution in [0.2, 0.25) is 0 Å². The summed E-state index contributed by atoms with van der Waals surface area (Å²) in [5.41, 5.74) is 0. The third kappa shape index (κ3) is 44.2. The van der Waals surface area contributed by atoms with Crippen LogP contribution in [-0.4, -0.2) is 41.7 Å². The molecule has 0 bridgehead atoms. The van der Waals surface area contributed by atoms with Crippen LogP contribution in [0.25, 0.3) is 0 Å². The molecule has 0 spiro atoms. The number of hydrogen-bond donors (Lipinski definition) is 2. The van der Waals surface area contributed by atoms with Crippen molar-refractivity contribution in [3.05, 3.63) is 0 Å². The number of unbranched alkanes of at least 4 members (excludes halogenated alkanes) is 9. The van der Waals surface area contributed by atoms with Crippen molar-refractivity contribution in [1.29, 1.82) is 0 Å². The van der Waals surface area contributed by atoms with Crippen molar-refractivity contribution in [2.45, 2.75) is 71.1 Å². The van der Waals surface area contributed by atoms with Crippen molar-refractivity contribution in [3.8, 4) is 0 Å². The number of rotatable bonds is 12. The molecule has 0 heterocycles. The van der Waals surface area contributed by atoms with Crippen LogP contribution in [0.15, 0.2) is 0 Å². The molecule has 0 unspecified atom stereocenters. The van der Waals surface area contributed by atoms with Gasteiger partial charge in [-0.05, 0) is 6.42 Å². The van der Waals surface area contributed by atoms with E-state index in [0.717, 1.165) is 6.42 Å². The summed E-state index contributed by atoms with van der Waals surface area (Å²) in [5, 5.41) is 11.2. The molecule has 0 fully saturated rings. The van der Waals surface area contributed by atoms with E-state index >= 15 is 0 Å². The van der Waals surface area contributed by atoms with Crippen LogP contribution >= 0.6 is 0 Å². The summed E-state index contributed by atoms with van der Waals surface area (Å²) in [4.78, 5) is 10.7. The molecule has 0 saturated heterocycles.